The molecule has 0 saturated heterocycles. The third-order valence-electron chi connectivity index (χ3n) is 4.15. The van der Waals surface area contributed by atoms with Crippen molar-refractivity contribution in [2.45, 2.75) is 0 Å². The summed E-state index contributed by atoms with van der Waals surface area (Å²) in [5, 5.41) is 8.42. The molecule has 0 unspecified atom stereocenters. The van der Waals surface area contributed by atoms with Crippen molar-refractivity contribution in [2.24, 2.45) is 4.99 Å². The number of hydrogen-bond donors (Lipinski definition) is 0. The van der Waals surface area contributed by atoms with Crippen LogP contribution in [-0.4, -0.2) is 69.6 Å². The molecule has 13 nitrogen and oxygen atoms in total. The number of carbonyl (C=O) groups is 4. The number of isocyanates is 1. The lowest BCUT2D eigenvalue weighted by molar-refractivity contribution is -0.150. The predicted octanol–water partition coefficient (Wildman–Crippen LogP) is 1.63. The van der Waals surface area contributed by atoms with Crippen molar-refractivity contribution in [3.05, 3.63) is 59.7 Å². The zero-order valence-corrected chi connectivity index (χ0v) is 19.2. The van der Waals surface area contributed by atoms with Crippen LogP contribution in [0.25, 0.3) is 0 Å². The molecular formula is C24H20N2O11. The number of nitrogens with zero attached hydrogens (tertiary/aromatic N) is 2. The van der Waals surface area contributed by atoms with Crippen LogP contribution in [0.5, 0.6) is 5.75 Å². The molecule has 2 aromatic carbocycles. The van der Waals surface area contributed by atoms with Gasteiger partial charge in [0.25, 0.3) is 6.26 Å². The van der Waals surface area contributed by atoms with Gasteiger partial charge in [-0.15, -0.1) is 5.26 Å². The van der Waals surface area contributed by atoms with Crippen molar-refractivity contribution < 1.29 is 52.4 Å². The van der Waals surface area contributed by atoms with Gasteiger partial charge in [-0.1, -0.05) is 0 Å². The fourth-order valence-electron chi connectivity index (χ4n) is 2.47. The zero-order valence-electron chi connectivity index (χ0n) is 19.2. The first kappa shape index (κ1) is 28.2. The molecule has 0 heterocycles. The molecular weight excluding hydrogens is 492 g/mol. The third kappa shape index (κ3) is 10.8. The minimum atomic E-state index is -0.792. The molecule has 2 rings (SSSR count). The number of esters is 4. The van der Waals surface area contributed by atoms with Gasteiger partial charge in [0.2, 0.25) is 6.08 Å². The second-order valence-electron chi connectivity index (χ2n) is 6.67. The maximum absolute atomic E-state index is 11.9. The molecule has 0 radical (unpaired) electrons. The Kier molecular flexibility index (Phi) is 12.0. The first-order chi connectivity index (χ1) is 17.9. The number of aliphatic imine (C=N–C) groups is 1. The Labute approximate surface area is 210 Å². The SMILES string of the molecule is N#COc1ccc(C(=O)OCC(=O)OCCOCCOC(=O)COC(=O)c2ccc(N=C=O)cc2)cc1. The highest BCUT2D eigenvalue weighted by Crippen LogP contribution is 2.13. The van der Waals surface area contributed by atoms with Crippen LogP contribution in [0.3, 0.4) is 0 Å². The van der Waals surface area contributed by atoms with Crippen molar-refractivity contribution in [3.8, 4) is 12.0 Å². The number of rotatable bonds is 14. The summed E-state index contributed by atoms with van der Waals surface area (Å²) in [5.74, 6) is -2.85. The lowest BCUT2D eigenvalue weighted by atomic mass is 10.2. The molecule has 192 valence electrons. The second-order valence-corrected chi connectivity index (χ2v) is 6.67. The maximum atomic E-state index is 11.9. The first-order valence-corrected chi connectivity index (χ1v) is 10.5. The molecule has 0 bridgehead atoms. The largest absolute Gasteiger partial charge is 0.461 e. The van der Waals surface area contributed by atoms with E-state index in [4.69, 9.17) is 28.9 Å². The van der Waals surface area contributed by atoms with E-state index in [1.807, 2.05) is 0 Å². The summed E-state index contributed by atoms with van der Waals surface area (Å²) in [6.07, 6.45) is 2.87. The highest BCUT2D eigenvalue weighted by Gasteiger charge is 2.12. The Hall–Kier alpha value is -5.05. The smallest absolute Gasteiger partial charge is 0.344 e. The monoisotopic (exact) mass is 512 g/mol. The van der Waals surface area contributed by atoms with Crippen molar-refractivity contribution in [3.63, 3.8) is 0 Å². The van der Waals surface area contributed by atoms with Gasteiger partial charge in [-0.25, -0.2) is 24.0 Å². The highest BCUT2D eigenvalue weighted by atomic mass is 16.6. The highest BCUT2D eigenvalue weighted by molar-refractivity contribution is 5.91. The van der Waals surface area contributed by atoms with Gasteiger partial charge in [0.1, 0.15) is 19.0 Å². The Morgan fingerprint density at radius 2 is 1.19 bits per heavy atom. The molecule has 0 aliphatic carbocycles. The van der Waals surface area contributed by atoms with Gasteiger partial charge in [-0.2, -0.15) is 4.99 Å². The van der Waals surface area contributed by atoms with Crippen molar-refractivity contribution in [1.82, 2.24) is 0 Å². The van der Waals surface area contributed by atoms with Gasteiger partial charge in [-0.05, 0) is 48.5 Å². The summed E-state index contributed by atoms with van der Waals surface area (Å²) in [6.45, 7) is -1.48. The topological polar surface area (TPSA) is 177 Å². The van der Waals surface area contributed by atoms with Crippen LogP contribution < -0.4 is 4.74 Å². The van der Waals surface area contributed by atoms with Crippen LogP contribution in [-0.2, 0) is 38.1 Å². The molecule has 0 aliphatic heterocycles. The molecule has 13 heteroatoms. The lowest BCUT2D eigenvalue weighted by Gasteiger charge is -2.08. The minimum Gasteiger partial charge on any atom is -0.461 e. The summed E-state index contributed by atoms with van der Waals surface area (Å²) < 4.78 is 29.1. The summed E-state index contributed by atoms with van der Waals surface area (Å²) >= 11 is 0. The van der Waals surface area contributed by atoms with E-state index in [1.165, 1.54) is 60.9 Å². The third-order valence-corrected chi connectivity index (χ3v) is 4.15. The van der Waals surface area contributed by atoms with E-state index in [9.17, 15) is 24.0 Å². The Bertz CT molecular complexity index is 1160. The van der Waals surface area contributed by atoms with E-state index >= 15 is 0 Å². The van der Waals surface area contributed by atoms with Gasteiger partial charge in [0.15, 0.2) is 13.2 Å². The van der Waals surface area contributed by atoms with Crippen LogP contribution in [0.2, 0.25) is 0 Å². The molecule has 0 amide bonds. The number of ether oxygens (including phenoxy) is 6. The Morgan fingerprint density at radius 1 is 0.703 bits per heavy atom. The second kappa shape index (κ2) is 15.8. The van der Waals surface area contributed by atoms with E-state index in [2.05, 4.69) is 9.73 Å². The summed E-state index contributed by atoms with van der Waals surface area (Å²) in [7, 11) is 0. The van der Waals surface area contributed by atoms with Gasteiger partial charge in [0, 0.05) is 0 Å². The van der Waals surface area contributed by atoms with Gasteiger partial charge >= 0.3 is 23.9 Å². The van der Waals surface area contributed by atoms with Gasteiger partial charge < -0.3 is 28.4 Å². The molecule has 37 heavy (non-hydrogen) atoms. The fraction of sp³-hybridized carbons (Fsp3) is 0.250. The molecule has 0 aliphatic rings. The molecule has 0 fully saturated rings. The Morgan fingerprint density at radius 3 is 1.65 bits per heavy atom. The van der Waals surface area contributed by atoms with Gasteiger partial charge in [0.05, 0.1) is 30.0 Å². The van der Waals surface area contributed by atoms with Crippen LogP contribution in [0, 0.1) is 11.5 Å². The average molecular weight is 512 g/mol. The summed E-state index contributed by atoms with van der Waals surface area (Å²) in [6, 6.07) is 11.1. The number of carbonyl (C=O) groups excluding carboxylic acids is 5. The van der Waals surface area contributed by atoms with Crippen LogP contribution in [0.4, 0.5) is 5.69 Å². The average Bonchev–Trinajstić information content (AvgIpc) is 2.91. The number of nitriles is 1. The molecule has 2 aromatic rings. The normalized spacial score (nSPS) is 9.70. The van der Waals surface area contributed by atoms with Crippen LogP contribution >= 0.6 is 0 Å². The molecule has 0 aromatic heterocycles. The van der Waals surface area contributed by atoms with Crippen molar-refractivity contribution in [1.29, 1.82) is 5.26 Å². The lowest BCUT2D eigenvalue weighted by Crippen LogP contribution is -2.20. The summed E-state index contributed by atoms with van der Waals surface area (Å²) in [4.78, 5) is 60.6. The van der Waals surface area contributed by atoms with E-state index in [1.54, 1.807) is 0 Å². The zero-order chi connectivity index (χ0) is 26.9. The molecule has 0 N–H and O–H groups in total. The van der Waals surface area contributed by atoms with Crippen molar-refractivity contribution >= 4 is 35.6 Å². The quantitative estimate of drug-likeness (QED) is 0.0894. The van der Waals surface area contributed by atoms with E-state index in [0.29, 0.717) is 5.69 Å². The van der Waals surface area contributed by atoms with Crippen LogP contribution in [0.1, 0.15) is 20.7 Å². The Balaban J connectivity index is 1.50. The first-order valence-electron chi connectivity index (χ1n) is 10.5. The maximum Gasteiger partial charge on any atom is 0.344 e. The fourth-order valence-corrected chi connectivity index (χ4v) is 2.47. The molecule has 0 atom stereocenters. The molecule has 0 spiro atoms. The van der Waals surface area contributed by atoms with E-state index in [-0.39, 0.29) is 43.3 Å². The molecule has 0 saturated carbocycles. The van der Waals surface area contributed by atoms with E-state index < -0.39 is 37.1 Å². The van der Waals surface area contributed by atoms with Gasteiger partial charge in [-0.3, -0.25) is 0 Å². The van der Waals surface area contributed by atoms with Crippen molar-refractivity contribution in [2.75, 3.05) is 39.6 Å². The summed E-state index contributed by atoms with van der Waals surface area (Å²) in [5.41, 5.74) is 0.632. The van der Waals surface area contributed by atoms with Crippen LogP contribution in [0.15, 0.2) is 53.5 Å². The number of benzene rings is 2. The standard InChI is InChI=1S/C24H20N2O11/c25-15-37-20-7-3-18(4-8-20)24(31)36-14-22(29)34-12-10-32-9-11-33-21(28)13-35-23(30)17-1-5-19(6-2-17)26-16-27/h1-8H,9-14H2. The minimum absolute atomic E-state index is 0.00325. The van der Waals surface area contributed by atoms with E-state index in [0.717, 1.165) is 0 Å². The predicted molar refractivity (Wildman–Crippen MR) is 120 cm³/mol. The number of hydrogen-bond acceptors (Lipinski definition) is 13.